The molecule has 0 unspecified atom stereocenters. The average molecular weight is 348 g/mol. The average Bonchev–Trinajstić information content (AvgIpc) is 2.65. The second-order valence-electron chi connectivity index (χ2n) is 4.61. The van der Waals surface area contributed by atoms with Gasteiger partial charge in [-0.15, -0.1) is 0 Å². The van der Waals surface area contributed by atoms with Gasteiger partial charge >= 0.3 is 6.18 Å². The first-order valence-corrected chi connectivity index (χ1v) is 8.03. The summed E-state index contributed by atoms with van der Waals surface area (Å²) in [5.74, 6) is -1.16. The molecule has 0 aliphatic carbocycles. The highest BCUT2D eigenvalue weighted by Gasteiger charge is 2.37. The summed E-state index contributed by atoms with van der Waals surface area (Å²) in [6, 6.07) is -0.804. The van der Waals surface area contributed by atoms with Crippen LogP contribution in [-0.4, -0.2) is 48.2 Å². The number of carbonyl (C=O) groups excluding carboxylic acids is 1. The number of H-pyrrole nitrogens is 1. The largest absolute Gasteiger partial charge is 0.406 e. The zero-order valence-corrected chi connectivity index (χ0v) is 12.9. The summed E-state index contributed by atoms with van der Waals surface area (Å²) >= 11 is 0. The molecule has 1 rings (SSSR count). The molecule has 11 heteroatoms. The van der Waals surface area contributed by atoms with Gasteiger partial charge in [0.05, 0.1) is 5.69 Å². The van der Waals surface area contributed by atoms with Gasteiger partial charge in [-0.05, 0) is 20.8 Å². The molecule has 0 bridgehead atoms. The molecule has 0 radical (unpaired) electrons. The standard InChI is InChI=1S/C10H13ClF3N3O3S/c1-5(2)17(4-10(12,13)14)9(18)7-8(21(11,19)20)6(3)15-16-7/h5H,4H2,1-3H3,(H,15,16). The van der Waals surface area contributed by atoms with Crippen LogP contribution < -0.4 is 0 Å². The summed E-state index contributed by atoms with van der Waals surface area (Å²) in [6.45, 7) is 2.52. The van der Waals surface area contributed by atoms with Gasteiger partial charge in [-0.1, -0.05) is 0 Å². The highest BCUT2D eigenvalue weighted by Crippen LogP contribution is 2.25. The number of alkyl halides is 3. The first kappa shape index (κ1) is 17.8. The Morgan fingerprint density at radius 2 is 1.95 bits per heavy atom. The number of nitrogens with zero attached hydrogens (tertiary/aromatic N) is 2. The van der Waals surface area contributed by atoms with Gasteiger partial charge in [-0.3, -0.25) is 9.89 Å². The maximum atomic E-state index is 12.5. The number of halogens is 4. The minimum atomic E-state index is -4.62. The summed E-state index contributed by atoms with van der Waals surface area (Å²) in [6.07, 6.45) is -4.62. The van der Waals surface area contributed by atoms with E-state index in [0.717, 1.165) is 0 Å². The molecule has 120 valence electrons. The second-order valence-corrected chi connectivity index (χ2v) is 7.11. The number of hydrogen-bond donors (Lipinski definition) is 1. The lowest BCUT2D eigenvalue weighted by Crippen LogP contribution is -2.43. The number of aromatic amines is 1. The van der Waals surface area contributed by atoms with E-state index in [1.807, 2.05) is 0 Å². The molecular weight excluding hydrogens is 335 g/mol. The number of amides is 1. The van der Waals surface area contributed by atoms with Crippen LogP contribution in [0, 0.1) is 6.92 Å². The van der Waals surface area contributed by atoms with Crippen molar-refractivity contribution in [2.45, 2.75) is 37.9 Å². The topological polar surface area (TPSA) is 83.1 Å². The first-order valence-electron chi connectivity index (χ1n) is 5.72. The highest BCUT2D eigenvalue weighted by atomic mass is 35.7. The molecule has 21 heavy (non-hydrogen) atoms. The maximum absolute atomic E-state index is 12.5. The van der Waals surface area contributed by atoms with E-state index in [1.54, 1.807) is 0 Å². The predicted molar refractivity (Wildman–Crippen MR) is 68.6 cm³/mol. The van der Waals surface area contributed by atoms with Crippen LogP contribution in [0.25, 0.3) is 0 Å². The zero-order chi connectivity index (χ0) is 16.6. The Labute approximate surface area is 123 Å². The van der Waals surface area contributed by atoms with Gasteiger partial charge in [-0.2, -0.15) is 18.3 Å². The summed E-state index contributed by atoms with van der Waals surface area (Å²) in [4.78, 5) is 12.0. The van der Waals surface area contributed by atoms with Crippen molar-refractivity contribution in [1.82, 2.24) is 15.1 Å². The zero-order valence-electron chi connectivity index (χ0n) is 11.3. The highest BCUT2D eigenvalue weighted by molar-refractivity contribution is 8.13. The van der Waals surface area contributed by atoms with Crippen molar-refractivity contribution in [2.24, 2.45) is 0 Å². The van der Waals surface area contributed by atoms with Crippen molar-refractivity contribution in [1.29, 1.82) is 0 Å². The molecule has 0 aliphatic heterocycles. The number of carbonyl (C=O) groups is 1. The van der Waals surface area contributed by atoms with Crippen LogP contribution in [0.2, 0.25) is 0 Å². The molecule has 1 amide bonds. The lowest BCUT2D eigenvalue weighted by molar-refractivity contribution is -0.143. The van der Waals surface area contributed by atoms with Gasteiger partial charge < -0.3 is 4.90 Å². The van der Waals surface area contributed by atoms with Gasteiger partial charge in [0.2, 0.25) is 0 Å². The molecule has 0 aromatic carbocycles. The number of hydrogen-bond acceptors (Lipinski definition) is 4. The third kappa shape index (κ3) is 4.34. The molecule has 0 aliphatic rings. The minimum Gasteiger partial charge on any atom is -0.326 e. The van der Waals surface area contributed by atoms with Crippen molar-refractivity contribution < 1.29 is 26.4 Å². The lowest BCUT2D eigenvalue weighted by atomic mass is 10.2. The Kier molecular flexibility index (Phi) is 4.94. The monoisotopic (exact) mass is 347 g/mol. The van der Waals surface area contributed by atoms with Crippen LogP contribution in [0.1, 0.15) is 30.0 Å². The molecule has 6 nitrogen and oxygen atoms in total. The normalized spacial score (nSPS) is 12.8. The van der Waals surface area contributed by atoms with E-state index in [9.17, 15) is 26.4 Å². The van der Waals surface area contributed by atoms with Crippen LogP contribution in [0.4, 0.5) is 13.2 Å². The van der Waals surface area contributed by atoms with E-state index in [4.69, 9.17) is 10.7 Å². The van der Waals surface area contributed by atoms with Crippen molar-refractivity contribution in [3.8, 4) is 0 Å². The van der Waals surface area contributed by atoms with E-state index in [2.05, 4.69) is 10.2 Å². The van der Waals surface area contributed by atoms with Gasteiger partial charge in [0.15, 0.2) is 5.69 Å². The Hall–Kier alpha value is -1.29. The molecule has 0 spiro atoms. The van der Waals surface area contributed by atoms with Crippen molar-refractivity contribution >= 4 is 25.6 Å². The third-order valence-corrected chi connectivity index (χ3v) is 4.02. The second kappa shape index (κ2) is 5.84. The smallest absolute Gasteiger partial charge is 0.326 e. The van der Waals surface area contributed by atoms with Crippen LogP contribution in [-0.2, 0) is 9.05 Å². The Bertz CT molecular complexity index is 640. The molecule has 0 fully saturated rings. The number of rotatable bonds is 4. The fourth-order valence-corrected chi connectivity index (χ4v) is 3.02. The Morgan fingerprint density at radius 3 is 2.33 bits per heavy atom. The fraction of sp³-hybridized carbons (Fsp3) is 0.600. The van der Waals surface area contributed by atoms with Crippen molar-refractivity contribution in [3.05, 3.63) is 11.4 Å². The molecule has 0 saturated heterocycles. The van der Waals surface area contributed by atoms with Gasteiger partial charge in [0.1, 0.15) is 11.4 Å². The van der Waals surface area contributed by atoms with Crippen LogP contribution >= 0.6 is 10.7 Å². The van der Waals surface area contributed by atoms with Gasteiger partial charge in [0.25, 0.3) is 15.0 Å². The van der Waals surface area contributed by atoms with Crippen molar-refractivity contribution in [3.63, 3.8) is 0 Å². The maximum Gasteiger partial charge on any atom is 0.406 e. The van der Waals surface area contributed by atoms with Crippen LogP contribution in [0.3, 0.4) is 0 Å². The fourth-order valence-electron chi connectivity index (χ4n) is 1.68. The van der Waals surface area contributed by atoms with E-state index in [0.29, 0.717) is 4.90 Å². The van der Waals surface area contributed by atoms with E-state index >= 15 is 0 Å². The molecule has 0 saturated carbocycles. The Morgan fingerprint density at radius 1 is 1.43 bits per heavy atom. The predicted octanol–water partition coefficient (Wildman–Crippen LogP) is 2.06. The minimum absolute atomic E-state index is 0.0240. The third-order valence-electron chi connectivity index (χ3n) is 2.57. The van der Waals surface area contributed by atoms with Gasteiger partial charge in [0, 0.05) is 16.7 Å². The summed E-state index contributed by atoms with van der Waals surface area (Å²) in [5.41, 5.74) is -0.676. The van der Waals surface area contributed by atoms with Gasteiger partial charge in [-0.25, -0.2) is 8.42 Å². The van der Waals surface area contributed by atoms with E-state index in [1.165, 1.54) is 20.8 Å². The molecule has 1 heterocycles. The number of nitrogens with one attached hydrogen (secondary N) is 1. The van der Waals surface area contributed by atoms with Crippen LogP contribution in [0.15, 0.2) is 4.90 Å². The lowest BCUT2D eigenvalue weighted by Gasteiger charge is -2.27. The van der Waals surface area contributed by atoms with Crippen molar-refractivity contribution in [2.75, 3.05) is 6.54 Å². The number of aryl methyl sites for hydroxylation is 1. The quantitative estimate of drug-likeness (QED) is 0.845. The molecule has 0 atom stereocenters. The molecule has 1 aromatic rings. The Balaban J connectivity index is 3.30. The molecule has 1 N–H and O–H groups in total. The van der Waals surface area contributed by atoms with Crippen LogP contribution in [0.5, 0.6) is 0 Å². The summed E-state index contributed by atoms with van der Waals surface area (Å²) in [7, 11) is 0.872. The van der Waals surface area contributed by atoms with E-state index < -0.39 is 44.3 Å². The van der Waals surface area contributed by atoms with E-state index in [-0.39, 0.29) is 5.69 Å². The first-order chi connectivity index (χ1) is 9.34. The SMILES string of the molecule is Cc1[nH]nc(C(=O)N(CC(F)(F)F)C(C)C)c1S(=O)(=O)Cl. The molecular formula is C10H13ClF3N3O3S. The molecule has 1 aromatic heterocycles. The summed E-state index contributed by atoms with van der Waals surface area (Å²) < 4.78 is 60.4. The summed E-state index contributed by atoms with van der Waals surface area (Å²) in [5, 5.41) is 5.71. The number of aromatic nitrogens is 2.